The van der Waals surface area contributed by atoms with Crippen molar-refractivity contribution in [3.63, 3.8) is 0 Å². The van der Waals surface area contributed by atoms with Crippen molar-refractivity contribution in [1.82, 2.24) is 4.98 Å². The molecule has 1 heterocycles. The Morgan fingerprint density at radius 3 is 2.48 bits per heavy atom. The van der Waals surface area contributed by atoms with E-state index < -0.39 is 0 Å². The second-order valence-electron chi connectivity index (χ2n) is 5.18. The lowest BCUT2D eigenvalue weighted by Crippen LogP contribution is -2.20. The molecule has 1 aromatic carbocycles. The number of unbranched alkanes of at least 4 members (excludes halogenated alkanes) is 1. The van der Waals surface area contributed by atoms with Crippen LogP contribution in [-0.4, -0.2) is 16.6 Å². The molecule has 0 atom stereocenters. The van der Waals surface area contributed by atoms with Crippen LogP contribution < -0.4 is 4.90 Å². The van der Waals surface area contributed by atoms with Gasteiger partial charge < -0.3 is 10.0 Å². The SMILES string of the molecule is CCCCN(c1ccccc1)c1cc(CO)cc(CC)n1. The highest BCUT2D eigenvalue weighted by Gasteiger charge is 2.12. The molecule has 2 rings (SSSR count). The summed E-state index contributed by atoms with van der Waals surface area (Å²) in [6, 6.07) is 14.3. The van der Waals surface area contributed by atoms with E-state index in [0.717, 1.165) is 48.6 Å². The van der Waals surface area contributed by atoms with Crippen molar-refractivity contribution in [3.05, 3.63) is 53.7 Å². The van der Waals surface area contributed by atoms with E-state index in [1.165, 1.54) is 0 Å². The van der Waals surface area contributed by atoms with Gasteiger partial charge in [-0.3, -0.25) is 0 Å². The molecule has 0 saturated carbocycles. The number of benzene rings is 1. The maximum atomic E-state index is 9.46. The fraction of sp³-hybridized carbons (Fsp3) is 0.389. The molecule has 2 aromatic rings. The minimum Gasteiger partial charge on any atom is -0.392 e. The number of hydrogen-bond acceptors (Lipinski definition) is 3. The molecule has 112 valence electrons. The molecular weight excluding hydrogens is 260 g/mol. The van der Waals surface area contributed by atoms with Crippen molar-refractivity contribution >= 4 is 11.5 Å². The quantitative estimate of drug-likeness (QED) is 0.832. The largest absolute Gasteiger partial charge is 0.392 e. The summed E-state index contributed by atoms with van der Waals surface area (Å²) >= 11 is 0. The fourth-order valence-corrected chi connectivity index (χ4v) is 2.34. The number of pyridine rings is 1. The van der Waals surface area contributed by atoms with Crippen molar-refractivity contribution in [2.45, 2.75) is 39.7 Å². The molecule has 0 aliphatic carbocycles. The number of rotatable bonds is 7. The van der Waals surface area contributed by atoms with Crippen LogP contribution in [0.1, 0.15) is 37.9 Å². The Bertz CT molecular complexity index is 532. The van der Waals surface area contributed by atoms with Crippen LogP contribution in [0.15, 0.2) is 42.5 Å². The molecule has 0 spiro atoms. The van der Waals surface area contributed by atoms with Gasteiger partial charge in [0.05, 0.1) is 6.61 Å². The molecule has 0 unspecified atom stereocenters. The van der Waals surface area contributed by atoms with Crippen LogP contribution in [0.2, 0.25) is 0 Å². The average molecular weight is 284 g/mol. The monoisotopic (exact) mass is 284 g/mol. The average Bonchev–Trinajstić information content (AvgIpc) is 2.55. The number of para-hydroxylation sites is 1. The van der Waals surface area contributed by atoms with Gasteiger partial charge in [-0.05, 0) is 42.7 Å². The van der Waals surface area contributed by atoms with Crippen molar-refractivity contribution in [3.8, 4) is 0 Å². The lowest BCUT2D eigenvalue weighted by Gasteiger charge is -2.25. The molecule has 0 aliphatic rings. The van der Waals surface area contributed by atoms with Gasteiger partial charge in [0.25, 0.3) is 0 Å². The number of hydrogen-bond donors (Lipinski definition) is 1. The van der Waals surface area contributed by atoms with Crippen LogP contribution >= 0.6 is 0 Å². The summed E-state index contributed by atoms with van der Waals surface area (Å²) in [6.45, 7) is 5.27. The van der Waals surface area contributed by atoms with E-state index in [9.17, 15) is 5.11 Å². The summed E-state index contributed by atoms with van der Waals surface area (Å²) < 4.78 is 0. The van der Waals surface area contributed by atoms with E-state index >= 15 is 0 Å². The molecule has 0 radical (unpaired) electrons. The van der Waals surface area contributed by atoms with Crippen LogP contribution in [0.25, 0.3) is 0 Å². The van der Waals surface area contributed by atoms with Gasteiger partial charge in [0.2, 0.25) is 0 Å². The Kier molecular flexibility index (Phi) is 5.76. The molecule has 0 fully saturated rings. The summed E-state index contributed by atoms with van der Waals surface area (Å²) in [5.74, 6) is 0.929. The summed E-state index contributed by atoms with van der Waals surface area (Å²) in [6.07, 6.45) is 3.13. The van der Waals surface area contributed by atoms with E-state index in [4.69, 9.17) is 4.98 Å². The molecule has 3 heteroatoms. The van der Waals surface area contributed by atoms with Gasteiger partial charge in [0.1, 0.15) is 5.82 Å². The first kappa shape index (κ1) is 15.5. The molecule has 0 saturated heterocycles. The Balaban J connectivity index is 2.40. The number of nitrogens with zero attached hydrogens (tertiary/aromatic N) is 2. The molecule has 3 nitrogen and oxygen atoms in total. The Morgan fingerprint density at radius 1 is 1.10 bits per heavy atom. The van der Waals surface area contributed by atoms with E-state index in [2.05, 4.69) is 30.9 Å². The smallest absolute Gasteiger partial charge is 0.133 e. The van der Waals surface area contributed by atoms with Gasteiger partial charge >= 0.3 is 0 Å². The summed E-state index contributed by atoms with van der Waals surface area (Å²) in [4.78, 5) is 6.98. The van der Waals surface area contributed by atoms with Crippen molar-refractivity contribution < 1.29 is 5.11 Å². The first-order chi connectivity index (χ1) is 10.3. The first-order valence-corrected chi connectivity index (χ1v) is 7.71. The predicted molar refractivity (Wildman–Crippen MR) is 87.9 cm³/mol. The Hall–Kier alpha value is -1.87. The van der Waals surface area contributed by atoms with Crippen LogP contribution in [0, 0.1) is 0 Å². The zero-order chi connectivity index (χ0) is 15.1. The van der Waals surface area contributed by atoms with Crippen LogP contribution in [0.3, 0.4) is 0 Å². The maximum Gasteiger partial charge on any atom is 0.133 e. The molecule has 1 aromatic heterocycles. The van der Waals surface area contributed by atoms with Gasteiger partial charge in [0.15, 0.2) is 0 Å². The fourth-order valence-electron chi connectivity index (χ4n) is 2.34. The Morgan fingerprint density at radius 2 is 1.86 bits per heavy atom. The number of aliphatic hydroxyl groups excluding tert-OH is 1. The number of aliphatic hydroxyl groups is 1. The van der Waals surface area contributed by atoms with Gasteiger partial charge in [-0.25, -0.2) is 4.98 Å². The van der Waals surface area contributed by atoms with Gasteiger partial charge in [-0.15, -0.1) is 0 Å². The molecule has 0 aliphatic heterocycles. The Labute approximate surface area is 127 Å². The summed E-state index contributed by atoms with van der Waals surface area (Å²) in [5.41, 5.74) is 3.10. The minimum absolute atomic E-state index is 0.0545. The van der Waals surface area contributed by atoms with Gasteiger partial charge in [0, 0.05) is 17.9 Å². The molecule has 0 amide bonds. The van der Waals surface area contributed by atoms with E-state index in [0.29, 0.717) is 0 Å². The maximum absolute atomic E-state index is 9.46. The molecule has 1 N–H and O–H groups in total. The first-order valence-electron chi connectivity index (χ1n) is 7.71. The highest BCUT2D eigenvalue weighted by molar-refractivity contribution is 5.60. The highest BCUT2D eigenvalue weighted by atomic mass is 16.3. The zero-order valence-corrected chi connectivity index (χ0v) is 12.9. The van der Waals surface area contributed by atoms with Crippen LogP contribution in [0.4, 0.5) is 11.5 Å². The normalized spacial score (nSPS) is 10.6. The molecular formula is C18H24N2O. The van der Waals surface area contributed by atoms with Crippen LogP contribution in [-0.2, 0) is 13.0 Å². The highest BCUT2D eigenvalue weighted by Crippen LogP contribution is 2.25. The topological polar surface area (TPSA) is 36.4 Å². The number of aromatic nitrogens is 1. The second-order valence-corrected chi connectivity index (χ2v) is 5.18. The third-order valence-corrected chi connectivity index (χ3v) is 3.55. The summed E-state index contributed by atoms with van der Waals surface area (Å²) in [5, 5.41) is 9.46. The molecule has 0 bridgehead atoms. The molecule has 21 heavy (non-hydrogen) atoms. The van der Waals surface area contributed by atoms with Crippen molar-refractivity contribution in [2.24, 2.45) is 0 Å². The lowest BCUT2D eigenvalue weighted by molar-refractivity contribution is 0.281. The van der Waals surface area contributed by atoms with Gasteiger partial charge in [-0.1, -0.05) is 38.5 Å². The van der Waals surface area contributed by atoms with Crippen LogP contribution in [0.5, 0.6) is 0 Å². The van der Waals surface area contributed by atoms with E-state index in [1.807, 2.05) is 30.3 Å². The number of aryl methyl sites for hydroxylation is 1. The van der Waals surface area contributed by atoms with Crippen molar-refractivity contribution in [2.75, 3.05) is 11.4 Å². The van der Waals surface area contributed by atoms with E-state index in [-0.39, 0.29) is 6.61 Å². The van der Waals surface area contributed by atoms with Gasteiger partial charge in [-0.2, -0.15) is 0 Å². The standard InChI is InChI=1S/C18H24N2O/c1-3-5-11-20(17-9-7-6-8-10-17)18-13-15(14-21)12-16(4-2)19-18/h6-10,12-13,21H,3-5,11,14H2,1-2H3. The number of anilines is 2. The third-order valence-electron chi connectivity index (χ3n) is 3.55. The minimum atomic E-state index is 0.0545. The van der Waals surface area contributed by atoms with E-state index in [1.54, 1.807) is 0 Å². The zero-order valence-electron chi connectivity index (χ0n) is 12.9. The third kappa shape index (κ3) is 4.05. The second kappa shape index (κ2) is 7.79. The van der Waals surface area contributed by atoms with Crippen molar-refractivity contribution in [1.29, 1.82) is 0 Å². The lowest BCUT2D eigenvalue weighted by atomic mass is 10.2. The summed E-state index contributed by atoms with van der Waals surface area (Å²) in [7, 11) is 0. The predicted octanol–water partition coefficient (Wildman–Crippen LogP) is 4.07.